The number of hydrogen-bond donors (Lipinski definition) is 0. The first-order valence-electron chi connectivity index (χ1n) is 12.7. The SMILES string of the molecule is C=C1C[C@H](C[C@@H]2C[C@@H](O[Si](C)(C)C(C)(C)C)C[C@H](c3coc(COP)n3)O2)O[C@@H](CCOB=[PH]=S)C1. The summed E-state index contributed by atoms with van der Waals surface area (Å²) < 4.78 is 36.1. The molecule has 2 unspecified atom stereocenters. The van der Waals surface area contributed by atoms with Gasteiger partial charge >= 0.3 is 157 Å². The molecule has 0 aromatic carbocycles. The van der Waals surface area contributed by atoms with Crippen molar-refractivity contribution in [2.45, 2.75) is 115 Å². The van der Waals surface area contributed by atoms with Crippen LogP contribution in [0, 0.1) is 0 Å². The third kappa shape index (κ3) is 9.03. The molecule has 0 radical (unpaired) electrons. The summed E-state index contributed by atoms with van der Waals surface area (Å²) in [6.07, 6.45) is 6.73. The van der Waals surface area contributed by atoms with Gasteiger partial charge in [-0.3, -0.25) is 0 Å². The maximum absolute atomic E-state index is 6.87. The minimum absolute atomic E-state index is 0.000743. The molecule has 3 heterocycles. The second-order valence-electron chi connectivity index (χ2n) is 11.4. The number of aromatic nitrogens is 1. The summed E-state index contributed by atoms with van der Waals surface area (Å²) in [4.78, 5) is 4.61. The van der Waals surface area contributed by atoms with E-state index in [1.54, 1.807) is 13.1 Å². The Morgan fingerprint density at radius 2 is 1.97 bits per heavy atom. The van der Waals surface area contributed by atoms with Gasteiger partial charge in [-0.1, -0.05) is 20.8 Å². The number of oxazole rings is 1. The summed E-state index contributed by atoms with van der Waals surface area (Å²) in [5.41, 5.74) is 2.02. The third-order valence-electron chi connectivity index (χ3n) is 7.37. The second-order valence-corrected chi connectivity index (χ2v) is 17.6. The fourth-order valence-corrected chi connectivity index (χ4v) is 6.52. The molecule has 0 N–H and O–H groups in total. The van der Waals surface area contributed by atoms with Crippen LogP contribution in [0.3, 0.4) is 0 Å². The molecule has 36 heavy (non-hydrogen) atoms. The van der Waals surface area contributed by atoms with Crippen molar-refractivity contribution in [3.8, 4) is 0 Å². The van der Waals surface area contributed by atoms with Crippen LogP contribution in [-0.2, 0) is 41.5 Å². The number of rotatable bonds is 11. The average Bonchev–Trinajstić information content (AvgIpc) is 3.24. The van der Waals surface area contributed by atoms with E-state index in [0.29, 0.717) is 19.1 Å². The van der Waals surface area contributed by atoms with Crippen LogP contribution in [0.1, 0.15) is 77.0 Å². The predicted molar refractivity (Wildman–Crippen MR) is 154 cm³/mol. The Kier molecular flexibility index (Phi) is 11.8. The summed E-state index contributed by atoms with van der Waals surface area (Å²) in [5.74, 6) is 0.540. The van der Waals surface area contributed by atoms with E-state index in [4.69, 9.17) is 39.3 Å². The van der Waals surface area contributed by atoms with E-state index in [1.165, 1.54) is 5.57 Å². The predicted octanol–water partition coefficient (Wildman–Crippen LogP) is 6.17. The molecule has 0 saturated carbocycles. The Balaban J connectivity index is 1.70. The molecule has 2 fully saturated rings. The summed E-state index contributed by atoms with van der Waals surface area (Å²) in [6.45, 7) is 18.6. The summed E-state index contributed by atoms with van der Waals surface area (Å²) in [5, 5.41) is 0.135. The van der Waals surface area contributed by atoms with E-state index in [-0.39, 0.29) is 42.4 Å². The van der Waals surface area contributed by atoms with Crippen molar-refractivity contribution in [3.63, 3.8) is 0 Å². The first-order valence-corrected chi connectivity index (χ1v) is 18.3. The van der Waals surface area contributed by atoms with Crippen LogP contribution < -0.4 is 0 Å². The molecule has 12 heteroatoms. The zero-order valence-electron chi connectivity index (χ0n) is 22.3. The molecule has 202 valence electrons. The fourth-order valence-electron chi connectivity index (χ4n) is 4.60. The van der Waals surface area contributed by atoms with Crippen LogP contribution >= 0.6 is 16.3 Å². The zero-order valence-corrected chi connectivity index (χ0v) is 26.3. The molecular formula is C24H42BNO6P2SSi. The molecular weight excluding hydrogens is 531 g/mol. The quantitative estimate of drug-likeness (QED) is 0.135. The van der Waals surface area contributed by atoms with E-state index >= 15 is 0 Å². The van der Waals surface area contributed by atoms with Crippen LogP contribution in [0.25, 0.3) is 0 Å². The van der Waals surface area contributed by atoms with E-state index in [2.05, 4.69) is 54.9 Å². The molecule has 1 aromatic rings. The maximum atomic E-state index is 6.87. The van der Waals surface area contributed by atoms with E-state index in [0.717, 1.165) is 44.2 Å². The van der Waals surface area contributed by atoms with E-state index < -0.39 is 8.32 Å². The summed E-state index contributed by atoms with van der Waals surface area (Å²) in [6, 6.07) is 0. The van der Waals surface area contributed by atoms with E-state index in [1.807, 2.05) is 0 Å². The van der Waals surface area contributed by atoms with Gasteiger partial charge in [0.2, 0.25) is 5.89 Å². The van der Waals surface area contributed by atoms with Gasteiger partial charge in [-0.2, -0.15) is 0 Å². The minimum atomic E-state index is -1.95. The van der Waals surface area contributed by atoms with Crippen molar-refractivity contribution in [1.29, 1.82) is 0 Å². The molecule has 0 amide bonds. The van der Waals surface area contributed by atoms with Crippen molar-refractivity contribution in [1.82, 2.24) is 4.98 Å². The van der Waals surface area contributed by atoms with Crippen molar-refractivity contribution >= 4 is 43.3 Å². The standard InChI is InChI=1S/C24H42BNO6P2SSi/c1-16-9-17(7-8-28-25-34-35)30-18(10-16)11-19-12-20(32-36(5,6)24(2,3)4)13-22(31-19)21-14-27-23(26-21)15-29-33/h14,17-20,22,34H,1,7-13,15,33H2,2-6H3/t17-,18+,19+,20+,22+/m0/s1. The van der Waals surface area contributed by atoms with Crippen LogP contribution in [0.5, 0.6) is 0 Å². The first-order chi connectivity index (χ1) is 17.0. The summed E-state index contributed by atoms with van der Waals surface area (Å²) in [7, 11) is 0.280. The second kappa shape index (κ2) is 13.9. The van der Waals surface area contributed by atoms with Gasteiger partial charge in [0.25, 0.3) is 0 Å². The number of hydrogen-bond acceptors (Lipinski definition) is 8. The van der Waals surface area contributed by atoms with Gasteiger partial charge in [-0.05, 0) is 18.1 Å². The molecule has 0 bridgehead atoms. The Hall–Kier alpha value is -0.0182. The third-order valence-corrected chi connectivity index (χ3v) is 12.6. The van der Waals surface area contributed by atoms with Gasteiger partial charge in [-0.25, -0.2) is 0 Å². The van der Waals surface area contributed by atoms with Crippen molar-refractivity contribution in [2.75, 3.05) is 6.61 Å². The van der Waals surface area contributed by atoms with Gasteiger partial charge in [0.05, 0.1) is 0 Å². The van der Waals surface area contributed by atoms with Crippen molar-refractivity contribution in [3.05, 3.63) is 30.0 Å². The van der Waals surface area contributed by atoms with Gasteiger partial charge in [-0.15, -0.1) is 0 Å². The van der Waals surface area contributed by atoms with Gasteiger partial charge < -0.3 is 8.94 Å². The van der Waals surface area contributed by atoms with Crippen molar-refractivity contribution < 1.29 is 27.5 Å². The monoisotopic (exact) mass is 573 g/mol. The molecule has 7 nitrogen and oxygen atoms in total. The molecule has 0 spiro atoms. The van der Waals surface area contributed by atoms with Crippen molar-refractivity contribution in [2.24, 2.45) is 0 Å². The molecule has 2 aliphatic heterocycles. The van der Waals surface area contributed by atoms with Gasteiger partial charge in [0.1, 0.15) is 6.61 Å². The molecule has 2 aliphatic rings. The number of nitrogens with zero attached hydrogens (tertiary/aromatic N) is 1. The molecule has 7 atom stereocenters. The molecule has 3 rings (SSSR count). The topological polar surface area (TPSA) is 72.2 Å². The molecule has 0 aliphatic carbocycles. The van der Waals surface area contributed by atoms with Gasteiger partial charge in [0.15, 0.2) is 0 Å². The van der Waals surface area contributed by atoms with Crippen LogP contribution in [0.2, 0.25) is 18.1 Å². The molecule has 2 saturated heterocycles. The number of ether oxygens (including phenoxy) is 2. The first kappa shape index (κ1) is 30.5. The molecule has 1 aromatic heterocycles. The Labute approximate surface area is 226 Å². The Morgan fingerprint density at radius 3 is 2.67 bits per heavy atom. The normalized spacial score (nSPS) is 27.8. The van der Waals surface area contributed by atoms with Crippen LogP contribution in [0.15, 0.2) is 22.8 Å². The zero-order chi connectivity index (χ0) is 26.3. The fraction of sp³-hybridized carbons (Fsp3) is 0.792. The Morgan fingerprint density at radius 1 is 1.22 bits per heavy atom. The average molecular weight is 574 g/mol. The summed E-state index contributed by atoms with van der Waals surface area (Å²) >= 11 is 4.93. The Bertz CT molecular complexity index is 923. The van der Waals surface area contributed by atoms with Crippen LogP contribution in [0.4, 0.5) is 0 Å². The van der Waals surface area contributed by atoms with Crippen LogP contribution in [-0.4, -0.2) is 51.1 Å². The van der Waals surface area contributed by atoms with E-state index in [9.17, 15) is 0 Å². The van der Waals surface area contributed by atoms with Gasteiger partial charge in [0, 0.05) is 9.47 Å².